The monoisotopic (exact) mass is 716 g/mol. The highest BCUT2D eigenvalue weighted by molar-refractivity contribution is 7.47. The number of phosphoric ester groups is 1. The number of allylic oxidation sites excluding steroid dienone is 2. The second-order valence-corrected chi connectivity index (χ2v) is 15.1. The first kappa shape index (κ1) is 45.8. The van der Waals surface area contributed by atoms with Crippen LogP contribution in [0.1, 0.15) is 174 Å². The van der Waals surface area contributed by atoms with Crippen LogP contribution in [0, 0.1) is 0 Å². The number of hydrogen-bond acceptors (Lipinski definition) is 8. The molecule has 0 spiro atoms. The highest BCUT2D eigenvalue weighted by Gasteiger charge is 2.36. The van der Waals surface area contributed by atoms with Gasteiger partial charge in [-0.1, -0.05) is 135 Å². The predicted octanol–water partition coefficient (Wildman–Crippen LogP) is 10.6. The Kier molecular flexibility index (Phi) is 30.5. The molecule has 3 N–H and O–H groups in total. The Morgan fingerprint density at radius 3 is 1.94 bits per heavy atom. The Bertz CT molecular complexity index is 870. The first-order chi connectivity index (χ1) is 23.9. The van der Waals surface area contributed by atoms with E-state index in [0.29, 0.717) is 18.6 Å². The third kappa shape index (κ3) is 30.1. The van der Waals surface area contributed by atoms with Crippen LogP contribution in [0.2, 0.25) is 0 Å². The SMILES string of the molecule is CCCCCCCCCCCCCC/C=C/O[C@H](COC(=O)CCCCCCC/C=C\CC1OC1CCCCC)COP(=O)(O)OCCN. The van der Waals surface area contributed by atoms with Crippen LogP contribution in [0.15, 0.2) is 24.5 Å². The first-order valence-electron chi connectivity index (χ1n) is 20.0. The van der Waals surface area contributed by atoms with Crippen LogP contribution < -0.4 is 5.73 Å². The fraction of sp³-hybridized carbons (Fsp3) is 0.872. The van der Waals surface area contributed by atoms with Gasteiger partial charge in [0.1, 0.15) is 6.61 Å². The molecule has 288 valence electrons. The Morgan fingerprint density at radius 1 is 0.735 bits per heavy atom. The van der Waals surface area contributed by atoms with E-state index in [2.05, 4.69) is 26.0 Å². The lowest BCUT2D eigenvalue weighted by Gasteiger charge is -2.19. The minimum atomic E-state index is -4.27. The van der Waals surface area contributed by atoms with Gasteiger partial charge < -0.3 is 24.8 Å². The zero-order valence-corrected chi connectivity index (χ0v) is 32.3. The smallest absolute Gasteiger partial charge is 0.472 e. The molecule has 0 amide bonds. The van der Waals surface area contributed by atoms with Crippen LogP contribution in [-0.2, 0) is 32.6 Å². The molecule has 1 saturated heterocycles. The molecular weight excluding hydrogens is 641 g/mol. The van der Waals surface area contributed by atoms with Crippen molar-refractivity contribution >= 4 is 13.8 Å². The van der Waals surface area contributed by atoms with Gasteiger partial charge in [0.25, 0.3) is 0 Å². The molecule has 0 aromatic carbocycles. The van der Waals surface area contributed by atoms with Gasteiger partial charge in [0, 0.05) is 13.0 Å². The van der Waals surface area contributed by atoms with Gasteiger partial charge in [-0.2, -0.15) is 0 Å². The summed E-state index contributed by atoms with van der Waals surface area (Å²) in [5.41, 5.74) is 5.35. The number of carbonyl (C=O) groups is 1. The first-order valence-corrected chi connectivity index (χ1v) is 21.5. The summed E-state index contributed by atoms with van der Waals surface area (Å²) in [7, 11) is -4.27. The maximum absolute atomic E-state index is 12.4. The minimum Gasteiger partial charge on any atom is -0.492 e. The van der Waals surface area contributed by atoms with Crippen molar-refractivity contribution in [3.8, 4) is 0 Å². The molecule has 4 atom stereocenters. The maximum Gasteiger partial charge on any atom is 0.472 e. The van der Waals surface area contributed by atoms with E-state index in [1.165, 1.54) is 96.3 Å². The van der Waals surface area contributed by atoms with E-state index in [0.717, 1.165) is 57.8 Å². The zero-order chi connectivity index (χ0) is 35.7. The van der Waals surface area contributed by atoms with Crippen molar-refractivity contribution < 1.29 is 37.5 Å². The van der Waals surface area contributed by atoms with E-state index < -0.39 is 13.9 Å². The molecule has 10 heteroatoms. The van der Waals surface area contributed by atoms with Crippen molar-refractivity contribution in [1.82, 2.24) is 0 Å². The number of epoxide rings is 1. The number of rotatable bonds is 37. The topological polar surface area (TPSA) is 130 Å². The molecule has 1 fully saturated rings. The third-order valence-corrected chi connectivity index (χ3v) is 9.87. The molecule has 49 heavy (non-hydrogen) atoms. The number of esters is 1. The number of hydrogen-bond donors (Lipinski definition) is 2. The summed E-state index contributed by atoms with van der Waals surface area (Å²) in [6.45, 7) is 4.16. The fourth-order valence-corrected chi connectivity index (χ4v) is 6.52. The fourth-order valence-electron chi connectivity index (χ4n) is 5.75. The van der Waals surface area contributed by atoms with Crippen LogP contribution in [0.25, 0.3) is 0 Å². The number of nitrogens with two attached hydrogens (primary N) is 1. The van der Waals surface area contributed by atoms with Crippen molar-refractivity contribution in [2.24, 2.45) is 5.73 Å². The maximum atomic E-state index is 12.4. The van der Waals surface area contributed by atoms with E-state index in [1.807, 2.05) is 6.08 Å². The van der Waals surface area contributed by atoms with E-state index in [1.54, 1.807) is 6.26 Å². The van der Waals surface area contributed by atoms with E-state index in [9.17, 15) is 14.3 Å². The molecule has 9 nitrogen and oxygen atoms in total. The summed E-state index contributed by atoms with van der Waals surface area (Å²) in [5, 5.41) is 0. The molecule has 1 aliphatic rings. The minimum absolute atomic E-state index is 0.0730. The number of phosphoric acid groups is 1. The Morgan fingerprint density at radius 2 is 1.31 bits per heavy atom. The summed E-state index contributed by atoms with van der Waals surface area (Å²) in [4.78, 5) is 22.2. The van der Waals surface area contributed by atoms with E-state index in [4.69, 9.17) is 29.0 Å². The molecule has 0 aromatic heterocycles. The number of carbonyl (C=O) groups excluding carboxylic acids is 1. The Hall–Kier alpha value is -1.22. The highest BCUT2D eigenvalue weighted by atomic mass is 31.2. The van der Waals surface area contributed by atoms with Crippen LogP contribution in [0.4, 0.5) is 0 Å². The van der Waals surface area contributed by atoms with Gasteiger partial charge in [0.2, 0.25) is 0 Å². The lowest BCUT2D eigenvalue weighted by Crippen LogP contribution is -2.25. The highest BCUT2D eigenvalue weighted by Crippen LogP contribution is 2.43. The third-order valence-electron chi connectivity index (χ3n) is 8.88. The quantitative estimate of drug-likeness (QED) is 0.0161. The van der Waals surface area contributed by atoms with Crippen molar-refractivity contribution in [1.29, 1.82) is 0 Å². The van der Waals surface area contributed by atoms with Crippen molar-refractivity contribution in [2.75, 3.05) is 26.4 Å². The standard InChI is InChI=1S/C39H74NO8P/c1-3-5-7-8-9-10-11-12-13-14-17-20-23-27-32-44-36(35-47-49(42,43)46-33-31-40)34-45-39(41)30-26-22-19-16-15-18-21-25-29-38-37(48-38)28-24-6-4-2/h21,25,27,32,36-38H,3-20,22-24,26,28-31,33-35,40H2,1-2H3,(H,42,43)/b25-21-,32-27+/t36-,37?,38?/m1/s1. The molecule has 1 aliphatic heterocycles. The summed E-state index contributed by atoms with van der Waals surface area (Å²) in [5.74, 6) is -0.307. The van der Waals surface area contributed by atoms with Crippen LogP contribution in [0.3, 0.4) is 0 Å². The molecule has 1 rings (SSSR count). The largest absolute Gasteiger partial charge is 0.492 e. The van der Waals surface area contributed by atoms with Gasteiger partial charge in [0.15, 0.2) is 6.10 Å². The molecule has 0 saturated carbocycles. The van der Waals surface area contributed by atoms with Gasteiger partial charge in [-0.05, 0) is 51.0 Å². The van der Waals surface area contributed by atoms with E-state index in [-0.39, 0.29) is 32.3 Å². The van der Waals surface area contributed by atoms with Crippen LogP contribution in [0.5, 0.6) is 0 Å². The van der Waals surface area contributed by atoms with Crippen molar-refractivity contribution in [2.45, 2.75) is 193 Å². The van der Waals surface area contributed by atoms with Gasteiger partial charge in [-0.25, -0.2) is 4.57 Å². The zero-order valence-electron chi connectivity index (χ0n) is 31.4. The predicted molar refractivity (Wildman–Crippen MR) is 200 cm³/mol. The summed E-state index contributed by atoms with van der Waals surface area (Å²) in [6, 6.07) is 0. The van der Waals surface area contributed by atoms with Crippen LogP contribution >= 0.6 is 7.82 Å². The molecular formula is C39H74NO8P. The summed E-state index contributed by atoms with van der Waals surface area (Å²) >= 11 is 0. The molecule has 3 unspecified atom stereocenters. The van der Waals surface area contributed by atoms with Gasteiger partial charge in [0.05, 0.1) is 31.7 Å². The van der Waals surface area contributed by atoms with Crippen molar-refractivity contribution in [3.05, 3.63) is 24.5 Å². The Labute approximate surface area is 300 Å². The second kappa shape index (κ2) is 32.7. The van der Waals surface area contributed by atoms with Gasteiger partial charge >= 0.3 is 13.8 Å². The Balaban J connectivity index is 2.16. The van der Waals surface area contributed by atoms with Crippen LogP contribution in [-0.4, -0.2) is 55.5 Å². The molecule has 0 aromatic rings. The van der Waals surface area contributed by atoms with Gasteiger partial charge in [-0.15, -0.1) is 0 Å². The average Bonchev–Trinajstić information content (AvgIpc) is 3.85. The normalized spacial score (nSPS) is 17.9. The lowest BCUT2D eigenvalue weighted by atomic mass is 10.0. The second-order valence-electron chi connectivity index (χ2n) is 13.6. The summed E-state index contributed by atoms with van der Waals surface area (Å²) in [6.07, 6.45) is 37.5. The van der Waals surface area contributed by atoms with Gasteiger partial charge in [-0.3, -0.25) is 13.8 Å². The molecule has 0 aliphatic carbocycles. The van der Waals surface area contributed by atoms with Crippen molar-refractivity contribution in [3.63, 3.8) is 0 Å². The summed E-state index contributed by atoms with van der Waals surface area (Å²) < 4.78 is 38.9. The molecule has 0 radical (unpaired) electrons. The number of unbranched alkanes of at least 4 members (excludes halogenated alkanes) is 19. The number of ether oxygens (including phenoxy) is 3. The molecule has 1 heterocycles. The lowest BCUT2D eigenvalue weighted by molar-refractivity contribution is -0.147. The molecule has 0 bridgehead atoms. The van der Waals surface area contributed by atoms with E-state index >= 15 is 0 Å². The average molecular weight is 716 g/mol.